The van der Waals surface area contributed by atoms with Gasteiger partial charge in [0.25, 0.3) is 5.92 Å². The Kier molecular flexibility index (Phi) is 6.74. The summed E-state index contributed by atoms with van der Waals surface area (Å²) in [5, 5.41) is 0.434. The zero-order chi connectivity index (χ0) is 17.6. The quantitative estimate of drug-likeness (QED) is 0.434. The molecular formula is C17H21F3N2OS. The van der Waals surface area contributed by atoms with E-state index in [9.17, 15) is 13.2 Å². The number of benzene rings is 1. The molecule has 0 bridgehead atoms. The van der Waals surface area contributed by atoms with Crippen LogP contribution in [0.1, 0.15) is 18.4 Å². The largest absolute Gasteiger partial charge is 0.433 e. The molecule has 1 heterocycles. The molecule has 0 spiro atoms. The van der Waals surface area contributed by atoms with Gasteiger partial charge in [0.1, 0.15) is 5.82 Å². The number of nitrogens with zero attached hydrogens (tertiary/aromatic N) is 2. The third-order valence-electron chi connectivity index (χ3n) is 3.65. The monoisotopic (exact) mass is 358 g/mol. The molecule has 1 aromatic carbocycles. The molecule has 1 aliphatic heterocycles. The Labute approximate surface area is 144 Å². The van der Waals surface area contributed by atoms with Crippen molar-refractivity contribution in [1.82, 2.24) is 4.90 Å². The van der Waals surface area contributed by atoms with Crippen molar-refractivity contribution < 1.29 is 17.9 Å². The Bertz CT molecular complexity index is 590. The van der Waals surface area contributed by atoms with Gasteiger partial charge in [0, 0.05) is 31.3 Å². The van der Waals surface area contributed by atoms with E-state index in [2.05, 4.69) is 11.6 Å². The van der Waals surface area contributed by atoms with Crippen molar-refractivity contribution in [2.75, 3.05) is 32.4 Å². The second kappa shape index (κ2) is 8.58. The van der Waals surface area contributed by atoms with Gasteiger partial charge in [0.2, 0.25) is 5.90 Å². The summed E-state index contributed by atoms with van der Waals surface area (Å²) in [7, 11) is 1.58. The zero-order valence-electron chi connectivity index (χ0n) is 13.6. The van der Waals surface area contributed by atoms with Crippen molar-refractivity contribution in [2.45, 2.75) is 18.8 Å². The minimum atomic E-state index is -2.58. The molecule has 132 valence electrons. The SMILES string of the molecule is C=C(O/C(=N\C)c1ccc(F)cc1)SCCN1CCCC(F)(F)C1. The highest BCUT2D eigenvalue weighted by Crippen LogP contribution is 2.27. The van der Waals surface area contributed by atoms with Crippen molar-refractivity contribution in [3.8, 4) is 0 Å². The van der Waals surface area contributed by atoms with Crippen molar-refractivity contribution >= 4 is 17.7 Å². The number of piperidine rings is 1. The number of hydrogen-bond acceptors (Lipinski definition) is 4. The molecule has 24 heavy (non-hydrogen) atoms. The van der Waals surface area contributed by atoms with Gasteiger partial charge in [0.05, 0.1) is 6.54 Å². The number of hydrogen-bond donors (Lipinski definition) is 0. The molecule has 0 radical (unpaired) electrons. The summed E-state index contributed by atoms with van der Waals surface area (Å²) < 4.78 is 45.2. The standard InChI is InChI=1S/C17H21F3N2OS/c1-13(23-16(21-2)14-4-6-15(18)7-5-14)24-11-10-22-9-3-8-17(19,20)12-22/h4-7H,1,3,8-12H2,2H3/b21-16-. The number of halogens is 3. The first-order valence-electron chi connectivity index (χ1n) is 7.72. The smallest absolute Gasteiger partial charge is 0.260 e. The van der Waals surface area contributed by atoms with Crippen molar-refractivity contribution in [1.29, 1.82) is 0 Å². The average molecular weight is 358 g/mol. The first-order valence-corrected chi connectivity index (χ1v) is 8.71. The van der Waals surface area contributed by atoms with Gasteiger partial charge in [0.15, 0.2) is 5.09 Å². The van der Waals surface area contributed by atoms with Gasteiger partial charge < -0.3 is 4.74 Å². The van der Waals surface area contributed by atoms with E-state index in [-0.39, 0.29) is 18.8 Å². The van der Waals surface area contributed by atoms with E-state index in [4.69, 9.17) is 4.74 Å². The van der Waals surface area contributed by atoms with E-state index in [1.54, 1.807) is 24.1 Å². The van der Waals surface area contributed by atoms with Gasteiger partial charge in [-0.2, -0.15) is 0 Å². The maximum absolute atomic E-state index is 13.3. The molecule has 0 aromatic heterocycles. The van der Waals surface area contributed by atoms with E-state index < -0.39 is 5.92 Å². The minimum Gasteiger partial charge on any atom is -0.433 e. The fraction of sp³-hybridized carbons (Fsp3) is 0.471. The van der Waals surface area contributed by atoms with Crippen LogP contribution in [0.25, 0.3) is 0 Å². The van der Waals surface area contributed by atoms with E-state index in [0.29, 0.717) is 41.8 Å². The lowest BCUT2D eigenvalue weighted by Crippen LogP contribution is -2.43. The molecule has 0 amide bonds. The van der Waals surface area contributed by atoms with Crippen LogP contribution in [0.2, 0.25) is 0 Å². The minimum absolute atomic E-state index is 0.0273. The Morgan fingerprint density at radius 3 is 2.71 bits per heavy atom. The average Bonchev–Trinajstić information content (AvgIpc) is 2.52. The second-order valence-electron chi connectivity index (χ2n) is 5.59. The lowest BCUT2D eigenvalue weighted by molar-refractivity contribution is -0.0622. The molecule has 0 N–H and O–H groups in total. The summed E-state index contributed by atoms with van der Waals surface area (Å²) in [6.07, 6.45) is 0.493. The topological polar surface area (TPSA) is 24.8 Å². The van der Waals surface area contributed by atoms with Crippen molar-refractivity contribution in [3.05, 3.63) is 47.3 Å². The fourth-order valence-corrected chi connectivity index (χ4v) is 3.20. The summed E-state index contributed by atoms with van der Waals surface area (Å²) >= 11 is 1.35. The Morgan fingerprint density at radius 1 is 1.38 bits per heavy atom. The predicted molar refractivity (Wildman–Crippen MR) is 92.2 cm³/mol. The van der Waals surface area contributed by atoms with Crippen molar-refractivity contribution in [3.63, 3.8) is 0 Å². The third kappa shape index (κ3) is 5.87. The molecule has 0 unspecified atom stereocenters. The fourth-order valence-electron chi connectivity index (χ4n) is 2.49. The number of aliphatic imine (C=N–C) groups is 1. The summed E-state index contributed by atoms with van der Waals surface area (Å²) in [6, 6.07) is 5.81. The number of ether oxygens (including phenoxy) is 1. The Balaban J connectivity index is 1.77. The van der Waals surface area contributed by atoms with Crippen LogP contribution in [0.4, 0.5) is 13.2 Å². The van der Waals surface area contributed by atoms with Crippen LogP contribution in [0.5, 0.6) is 0 Å². The predicted octanol–water partition coefficient (Wildman–Crippen LogP) is 4.15. The van der Waals surface area contributed by atoms with Gasteiger partial charge in [-0.15, -0.1) is 0 Å². The van der Waals surface area contributed by atoms with Crippen LogP contribution in [0.15, 0.2) is 40.9 Å². The molecule has 1 aromatic rings. The van der Waals surface area contributed by atoms with Crippen LogP contribution < -0.4 is 0 Å². The normalized spacial score (nSPS) is 18.4. The molecule has 0 aliphatic carbocycles. The van der Waals surface area contributed by atoms with E-state index in [1.807, 2.05) is 0 Å². The van der Waals surface area contributed by atoms with E-state index in [1.165, 1.54) is 23.9 Å². The molecule has 0 atom stereocenters. The van der Waals surface area contributed by atoms with Crippen LogP contribution >= 0.6 is 11.8 Å². The number of rotatable bonds is 6. The highest BCUT2D eigenvalue weighted by atomic mass is 32.2. The van der Waals surface area contributed by atoms with Crippen LogP contribution in [-0.2, 0) is 4.74 Å². The molecule has 1 fully saturated rings. The maximum atomic E-state index is 13.3. The van der Waals surface area contributed by atoms with Crippen molar-refractivity contribution in [2.24, 2.45) is 4.99 Å². The second-order valence-corrected chi connectivity index (χ2v) is 6.75. The Morgan fingerprint density at radius 2 is 2.08 bits per heavy atom. The van der Waals surface area contributed by atoms with Crippen LogP contribution in [-0.4, -0.2) is 49.2 Å². The molecule has 1 saturated heterocycles. The molecule has 0 saturated carbocycles. The molecule has 7 heteroatoms. The van der Waals surface area contributed by atoms with E-state index >= 15 is 0 Å². The van der Waals surface area contributed by atoms with Gasteiger partial charge in [-0.3, -0.25) is 9.89 Å². The van der Waals surface area contributed by atoms with Gasteiger partial charge in [-0.05, 0) is 43.8 Å². The summed E-state index contributed by atoms with van der Waals surface area (Å²) in [5.74, 6) is -1.96. The number of alkyl halides is 2. The lowest BCUT2D eigenvalue weighted by atomic mass is 10.1. The van der Waals surface area contributed by atoms with Crippen LogP contribution in [0.3, 0.4) is 0 Å². The highest BCUT2D eigenvalue weighted by Gasteiger charge is 2.34. The molecule has 1 aliphatic rings. The first-order chi connectivity index (χ1) is 11.4. The molecule has 2 rings (SSSR count). The highest BCUT2D eigenvalue weighted by molar-refractivity contribution is 8.02. The molecular weight excluding hydrogens is 337 g/mol. The lowest BCUT2D eigenvalue weighted by Gasteiger charge is -2.32. The van der Waals surface area contributed by atoms with Gasteiger partial charge >= 0.3 is 0 Å². The summed E-state index contributed by atoms with van der Waals surface area (Å²) in [6.45, 7) is 4.88. The Hall–Kier alpha value is -1.47. The maximum Gasteiger partial charge on any atom is 0.260 e. The van der Waals surface area contributed by atoms with Crippen LogP contribution in [0, 0.1) is 5.82 Å². The molecule has 3 nitrogen and oxygen atoms in total. The van der Waals surface area contributed by atoms with Gasteiger partial charge in [-0.25, -0.2) is 13.2 Å². The number of likely N-dealkylation sites (tertiary alicyclic amines) is 1. The summed E-state index contributed by atoms with van der Waals surface area (Å²) in [5.41, 5.74) is 0.649. The van der Waals surface area contributed by atoms with E-state index in [0.717, 1.165) is 0 Å². The summed E-state index contributed by atoms with van der Waals surface area (Å²) in [4.78, 5) is 5.80. The number of thioether (sulfide) groups is 1. The third-order valence-corrected chi connectivity index (χ3v) is 4.44. The van der Waals surface area contributed by atoms with Gasteiger partial charge in [-0.1, -0.05) is 11.8 Å². The first kappa shape index (κ1) is 18.9. The zero-order valence-corrected chi connectivity index (χ0v) is 14.4.